The lowest BCUT2D eigenvalue weighted by molar-refractivity contribution is 0.471. The largest absolute Gasteiger partial charge is 0.367 e. The molecule has 5 heteroatoms. The van der Waals surface area contributed by atoms with Crippen molar-refractivity contribution in [3.63, 3.8) is 0 Å². The van der Waals surface area contributed by atoms with Crippen LogP contribution in [0.1, 0.15) is 52.9 Å². The summed E-state index contributed by atoms with van der Waals surface area (Å²) in [4.78, 5) is 8.12. The predicted octanol–water partition coefficient (Wildman–Crippen LogP) is 4.07. The Hall–Kier alpha value is -1.39. The van der Waals surface area contributed by atoms with Crippen LogP contribution < -0.4 is 10.6 Å². The fourth-order valence-corrected chi connectivity index (χ4v) is 2.00. The summed E-state index contributed by atoms with van der Waals surface area (Å²) >= 11 is 0. The number of hydrogen-bond acceptors (Lipinski definition) is 4. The van der Waals surface area contributed by atoms with Gasteiger partial charge in [-0.2, -0.15) is 4.98 Å². The van der Waals surface area contributed by atoms with Gasteiger partial charge in [0.2, 0.25) is 5.95 Å². The maximum absolute atomic E-state index is 13.7. The molecule has 1 rings (SSSR count). The van der Waals surface area contributed by atoms with Crippen molar-refractivity contribution in [2.45, 2.75) is 52.9 Å². The molecule has 0 radical (unpaired) electrons. The van der Waals surface area contributed by atoms with E-state index in [0.29, 0.717) is 17.7 Å². The van der Waals surface area contributed by atoms with Gasteiger partial charge < -0.3 is 10.6 Å². The molecule has 1 heterocycles. The van der Waals surface area contributed by atoms with E-state index in [4.69, 9.17) is 0 Å². The van der Waals surface area contributed by atoms with Gasteiger partial charge in [0, 0.05) is 13.1 Å². The zero-order chi connectivity index (χ0) is 14.8. The van der Waals surface area contributed by atoms with E-state index < -0.39 is 5.82 Å². The van der Waals surface area contributed by atoms with Gasteiger partial charge in [0.15, 0.2) is 11.6 Å². The normalized spacial score (nSPS) is 12.2. The van der Waals surface area contributed by atoms with Crippen LogP contribution in [0.2, 0.25) is 0 Å². The summed E-state index contributed by atoms with van der Waals surface area (Å²) in [6, 6.07) is 0. The van der Waals surface area contributed by atoms with Gasteiger partial charge in [-0.15, -0.1) is 0 Å². The van der Waals surface area contributed by atoms with Crippen LogP contribution in [0.4, 0.5) is 16.2 Å². The van der Waals surface area contributed by atoms with Crippen LogP contribution in [0.3, 0.4) is 0 Å². The third kappa shape index (κ3) is 5.72. The monoisotopic (exact) mass is 282 g/mol. The topological polar surface area (TPSA) is 49.8 Å². The third-order valence-electron chi connectivity index (χ3n) is 3.38. The summed E-state index contributed by atoms with van der Waals surface area (Å²) in [6.45, 7) is 7.98. The molecule has 0 aliphatic rings. The van der Waals surface area contributed by atoms with Crippen LogP contribution in [-0.4, -0.2) is 23.1 Å². The molecular formula is C15H27FN4. The van der Waals surface area contributed by atoms with E-state index >= 15 is 0 Å². The number of anilines is 2. The Kier molecular flexibility index (Phi) is 7.92. The second kappa shape index (κ2) is 9.50. The first-order valence-electron chi connectivity index (χ1n) is 7.71. The van der Waals surface area contributed by atoms with E-state index in [2.05, 4.69) is 41.4 Å². The van der Waals surface area contributed by atoms with Crippen molar-refractivity contribution in [3.8, 4) is 0 Å². The van der Waals surface area contributed by atoms with Gasteiger partial charge >= 0.3 is 0 Å². The van der Waals surface area contributed by atoms with E-state index in [9.17, 15) is 4.39 Å². The van der Waals surface area contributed by atoms with Crippen molar-refractivity contribution in [2.75, 3.05) is 23.7 Å². The molecule has 1 atom stereocenters. The molecule has 0 bridgehead atoms. The van der Waals surface area contributed by atoms with Gasteiger partial charge in [0.05, 0.1) is 6.20 Å². The maximum atomic E-state index is 13.7. The van der Waals surface area contributed by atoms with E-state index in [1.165, 1.54) is 25.5 Å². The Bertz CT molecular complexity index is 384. The standard InChI is InChI=1S/C15H27FN4/c1-4-7-8-12(6-3)10-18-14-13(16)11-19-15(20-14)17-9-5-2/h11-12H,4-10H2,1-3H3,(H2,17,18,19,20). The van der Waals surface area contributed by atoms with Crippen LogP contribution in [0.5, 0.6) is 0 Å². The smallest absolute Gasteiger partial charge is 0.224 e. The molecule has 0 aliphatic heterocycles. The molecule has 0 saturated heterocycles. The first kappa shape index (κ1) is 16.7. The molecule has 1 aromatic rings. The van der Waals surface area contributed by atoms with Gasteiger partial charge in [-0.25, -0.2) is 9.37 Å². The number of aromatic nitrogens is 2. The van der Waals surface area contributed by atoms with Crippen LogP contribution in [0.15, 0.2) is 6.20 Å². The molecule has 0 aliphatic carbocycles. The van der Waals surface area contributed by atoms with Crippen molar-refractivity contribution in [1.82, 2.24) is 9.97 Å². The van der Waals surface area contributed by atoms with Crippen LogP contribution >= 0.6 is 0 Å². The van der Waals surface area contributed by atoms with E-state index in [0.717, 1.165) is 25.9 Å². The highest BCUT2D eigenvalue weighted by atomic mass is 19.1. The first-order chi connectivity index (χ1) is 9.71. The second-order valence-corrected chi connectivity index (χ2v) is 5.11. The van der Waals surface area contributed by atoms with Crippen molar-refractivity contribution in [2.24, 2.45) is 5.92 Å². The highest BCUT2D eigenvalue weighted by Gasteiger charge is 2.10. The molecule has 0 aromatic carbocycles. The average molecular weight is 282 g/mol. The lowest BCUT2D eigenvalue weighted by Gasteiger charge is -2.16. The van der Waals surface area contributed by atoms with E-state index in [1.807, 2.05) is 0 Å². The Morgan fingerprint density at radius 2 is 2.00 bits per heavy atom. The zero-order valence-electron chi connectivity index (χ0n) is 12.9. The number of nitrogens with one attached hydrogen (secondary N) is 2. The molecule has 0 amide bonds. The van der Waals surface area contributed by atoms with Gasteiger partial charge in [0.1, 0.15) is 0 Å². The summed E-state index contributed by atoms with van der Waals surface area (Å²) in [7, 11) is 0. The average Bonchev–Trinajstić information content (AvgIpc) is 2.47. The molecule has 0 fully saturated rings. The highest BCUT2D eigenvalue weighted by Crippen LogP contribution is 2.16. The Balaban J connectivity index is 2.56. The Morgan fingerprint density at radius 3 is 2.65 bits per heavy atom. The SMILES string of the molecule is CCCCC(CC)CNc1nc(NCCC)ncc1F. The molecule has 0 saturated carbocycles. The first-order valence-corrected chi connectivity index (χ1v) is 7.71. The van der Waals surface area contributed by atoms with Crippen molar-refractivity contribution >= 4 is 11.8 Å². The number of halogens is 1. The summed E-state index contributed by atoms with van der Waals surface area (Å²) in [6.07, 6.45) is 6.90. The minimum Gasteiger partial charge on any atom is -0.367 e. The molecule has 0 spiro atoms. The summed E-state index contributed by atoms with van der Waals surface area (Å²) in [5, 5.41) is 6.19. The zero-order valence-corrected chi connectivity index (χ0v) is 12.9. The molecular weight excluding hydrogens is 255 g/mol. The number of hydrogen-bond donors (Lipinski definition) is 2. The predicted molar refractivity (Wildman–Crippen MR) is 82.6 cm³/mol. The minimum atomic E-state index is -0.391. The number of rotatable bonds is 10. The number of unbranched alkanes of at least 4 members (excludes halogenated alkanes) is 1. The molecule has 1 unspecified atom stereocenters. The van der Waals surface area contributed by atoms with Gasteiger partial charge in [-0.1, -0.05) is 40.0 Å². The van der Waals surface area contributed by atoms with Crippen molar-refractivity contribution in [3.05, 3.63) is 12.0 Å². The third-order valence-corrected chi connectivity index (χ3v) is 3.38. The molecule has 20 heavy (non-hydrogen) atoms. The fraction of sp³-hybridized carbons (Fsp3) is 0.733. The molecule has 2 N–H and O–H groups in total. The highest BCUT2D eigenvalue weighted by molar-refractivity contribution is 5.41. The lowest BCUT2D eigenvalue weighted by atomic mass is 9.99. The van der Waals surface area contributed by atoms with Crippen LogP contribution in [0, 0.1) is 11.7 Å². The van der Waals surface area contributed by atoms with Gasteiger partial charge in [0.25, 0.3) is 0 Å². The molecule has 1 aromatic heterocycles. The van der Waals surface area contributed by atoms with Crippen LogP contribution in [0.25, 0.3) is 0 Å². The second-order valence-electron chi connectivity index (χ2n) is 5.11. The summed E-state index contributed by atoms with van der Waals surface area (Å²) < 4.78 is 13.7. The Labute approximate surface area is 121 Å². The fourth-order valence-electron chi connectivity index (χ4n) is 2.00. The van der Waals surface area contributed by atoms with Gasteiger partial charge in [-0.05, 0) is 18.8 Å². The number of nitrogens with zero attached hydrogens (tertiary/aromatic N) is 2. The van der Waals surface area contributed by atoms with Crippen LogP contribution in [-0.2, 0) is 0 Å². The van der Waals surface area contributed by atoms with E-state index in [-0.39, 0.29) is 0 Å². The van der Waals surface area contributed by atoms with Gasteiger partial charge in [-0.3, -0.25) is 0 Å². The van der Waals surface area contributed by atoms with E-state index in [1.54, 1.807) is 0 Å². The molecule has 4 nitrogen and oxygen atoms in total. The summed E-state index contributed by atoms with van der Waals surface area (Å²) in [5.74, 6) is 0.958. The molecule has 114 valence electrons. The maximum Gasteiger partial charge on any atom is 0.224 e. The summed E-state index contributed by atoms with van der Waals surface area (Å²) in [5.41, 5.74) is 0. The van der Waals surface area contributed by atoms with Crippen molar-refractivity contribution in [1.29, 1.82) is 0 Å². The van der Waals surface area contributed by atoms with Crippen molar-refractivity contribution < 1.29 is 4.39 Å². The lowest BCUT2D eigenvalue weighted by Crippen LogP contribution is -2.16. The minimum absolute atomic E-state index is 0.300. The Morgan fingerprint density at radius 1 is 1.20 bits per heavy atom. The quantitative estimate of drug-likeness (QED) is 0.679.